The number of hydrogen-bond acceptors (Lipinski definition) is 3. The fraction of sp³-hybridized carbons (Fsp3) is 0.467. The van der Waals surface area contributed by atoms with E-state index in [1.165, 1.54) is 12.8 Å². The Bertz CT molecular complexity index is 634. The maximum absolute atomic E-state index is 10.8. The van der Waals surface area contributed by atoms with E-state index in [1.807, 2.05) is 24.3 Å². The molecule has 1 atom stereocenters. The number of likely N-dealkylation sites (tertiary alicyclic amines) is 1. The summed E-state index contributed by atoms with van der Waals surface area (Å²) in [6.07, 6.45) is 3.27. The highest BCUT2D eigenvalue weighted by Gasteiger charge is 2.45. The van der Waals surface area contributed by atoms with Crippen LogP contribution in [0.15, 0.2) is 28.7 Å². The second-order valence-corrected chi connectivity index (χ2v) is 6.16. The molecule has 4 rings (SSSR count). The van der Waals surface area contributed by atoms with Gasteiger partial charge >= 0.3 is 0 Å². The van der Waals surface area contributed by atoms with Crippen LogP contribution >= 0.6 is 11.6 Å². The second-order valence-electron chi connectivity index (χ2n) is 5.75. The zero-order chi connectivity index (χ0) is 13.0. The van der Waals surface area contributed by atoms with Crippen molar-refractivity contribution in [2.24, 2.45) is 0 Å². The molecule has 1 aliphatic carbocycles. The van der Waals surface area contributed by atoms with Gasteiger partial charge in [0.2, 0.25) is 0 Å². The Labute approximate surface area is 116 Å². The van der Waals surface area contributed by atoms with Crippen molar-refractivity contribution in [2.75, 3.05) is 13.1 Å². The SMILES string of the molecule is OC1(c2cc3cccc(Cl)c3o2)CCN(C2CC2)C1. The lowest BCUT2D eigenvalue weighted by atomic mass is 10.00. The summed E-state index contributed by atoms with van der Waals surface area (Å²) >= 11 is 6.13. The van der Waals surface area contributed by atoms with Crippen LogP contribution in [0.5, 0.6) is 0 Å². The number of nitrogens with zero attached hydrogens (tertiary/aromatic N) is 1. The third-order valence-corrected chi connectivity index (χ3v) is 4.59. The Kier molecular flexibility index (Phi) is 2.47. The van der Waals surface area contributed by atoms with E-state index in [2.05, 4.69) is 4.90 Å². The van der Waals surface area contributed by atoms with Crippen LogP contribution in [-0.4, -0.2) is 29.1 Å². The smallest absolute Gasteiger partial charge is 0.153 e. The number of aliphatic hydroxyl groups is 1. The molecule has 1 unspecified atom stereocenters. The van der Waals surface area contributed by atoms with Gasteiger partial charge in [0, 0.05) is 24.5 Å². The molecule has 2 fully saturated rings. The summed E-state index contributed by atoms with van der Waals surface area (Å²) in [4.78, 5) is 2.37. The van der Waals surface area contributed by atoms with Gasteiger partial charge in [0.25, 0.3) is 0 Å². The van der Waals surface area contributed by atoms with Gasteiger partial charge in [-0.05, 0) is 31.4 Å². The van der Waals surface area contributed by atoms with E-state index in [1.54, 1.807) is 0 Å². The van der Waals surface area contributed by atoms with E-state index in [9.17, 15) is 5.11 Å². The van der Waals surface area contributed by atoms with E-state index in [-0.39, 0.29) is 0 Å². The summed E-state index contributed by atoms with van der Waals surface area (Å²) < 4.78 is 5.83. The predicted molar refractivity (Wildman–Crippen MR) is 74.3 cm³/mol. The molecular weight excluding hydrogens is 262 g/mol. The van der Waals surface area contributed by atoms with E-state index in [4.69, 9.17) is 16.0 Å². The average Bonchev–Trinajstić information content (AvgIpc) is 3.00. The van der Waals surface area contributed by atoms with Gasteiger partial charge in [-0.2, -0.15) is 0 Å². The Morgan fingerprint density at radius 1 is 1.37 bits per heavy atom. The van der Waals surface area contributed by atoms with E-state index in [0.717, 1.165) is 18.4 Å². The zero-order valence-corrected chi connectivity index (χ0v) is 11.4. The molecule has 3 nitrogen and oxygen atoms in total. The van der Waals surface area contributed by atoms with Gasteiger partial charge in [0.15, 0.2) is 5.58 Å². The number of para-hydroxylation sites is 1. The number of furan rings is 1. The highest BCUT2D eigenvalue weighted by Crippen LogP contribution is 2.40. The van der Waals surface area contributed by atoms with Crippen LogP contribution in [0.25, 0.3) is 11.0 Å². The number of β-amino-alcohol motifs (C(OH)–C–C–N with tert-alkyl or cyclic N) is 1. The van der Waals surface area contributed by atoms with Crippen molar-refractivity contribution in [3.8, 4) is 0 Å². The monoisotopic (exact) mass is 277 g/mol. The summed E-state index contributed by atoms with van der Waals surface area (Å²) in [7, 11) is 0. The van der Waals surface area contributed by atoms with Crippen molar-refractivity contribution in [3.05, 3.63) is 35.0 Å². The molecule has 0 bridgehead atoms. The number of halogens is 1. The quantitative estimate of drug-likeness (QED) is 0.916. The van der Waals surface area contributed by atoms with Crippen molar-refractivity contribution >= 4 is 22.6 Å². The summed E-state index contributed by atoms with van der Waals surface area (Å²) in [5.74, 6) is 0.652. The second kappa shape index (κ2) is 3.98. The van der Waals surface area contributed by atoms with Crippen molar-refractivity contribution in [1.82, 2.24) is 4.90 Å². The fourth-order valence-electron chi connectivity index (χ4n) is 3.03. The summed E-state index contributed by atoms with van der Waals surface area (Å²) in [6.45, 7) is 1.63. The van der Waals surface area contributed by atoms with Crippen LogP contribution in [0.3, 0.4) is 0 Å². The third kappa shape index (κ3) is 1.88. The molecule has 2 aliphatic rings. The molecule has 100 valence electrons. The molecule has 2 heterocycles. The lowest BCUT2D eigenvalue weighted by Gasteiger charge is -2.20. The van der Waals surface area contributed by atoms with Crippen molar-refractivity contribution in [2.45, 2.75) is 30.9 Å². The predicted octanol–water partition coefficient (Wildman–Crippen LogP) is 3.14. The lowest BCUT2D eigenvalue weighted by Crippen LogP contribution is -2.31. The number of fused-ring (bicyclic) bond motifs is 1. The first-order valence-corrected chi connectivity index (χ1v) is 7.18. The normalized spacial score (nSPS) is 28.3. The van der Waals surface area contributed by atoms with Crippen LogP contribution in [0, 0.1) is 0 Å². The van der Waals surface area contributed by atoms with Crippen molar-refractivity contribution < 1.29 is 9.52 Å². The molecule has 1 aliphatic heterocycles. The third-order valence-electron chi connectivity index (χ3n) is 4.30. The molecule has 1 saturated carbocycles. The van der Waals surface area contributed by atoms with Crippen LogP contribution in [0.4, 0.5) is 0 Å². The molecule has 1 saturated heterocycles. The maximum Gasteiger partial charge on any atom is 0.153 e. The van der Waals surface area contributed by atoms with Crippen LogP contribution in [0.2, 0.25) is 5.02 Å². The van der Waals surface area contributed by atoms with Gasteiger partial charge in [-0.3, -0.25) is 4.90 Å². The minimum absolute atomic E-state index is 0.601. The minimum Gasteiger partial charge on any atom is -0.456 e. The molecule has 1 N–H and O–H groups in total. The van der Waals surface area contributed by atoms with Crippen LogP contribution in [-0.2, 0) is 5.60 Å². The number of benzene rings is 1. The zero-order valence-electron chi connectivity index (χ0n) is 10.6. The van der Waals surface area contributed by atoms with Crippen LogP contribution < -0.4 is 0 Å². The molecule has 0 amide bonds. The van der Waals surface area contributed by atoms with Gasteiger partial charge in [0.05, 0.1) is 5.02 Å². The average molecular weight is 278 g/mol. The molecular formula is C15H16ClNO2. The van der Waals surface area contributed by atoms with E-state index >= 15 is 0 Å². The van der Waals surface area contributed by atoms with E-state index < -0.39 is 5.60 Å². The fourth-order valence-corrected chi connectivity index (χ4v) is 3.25. The topological polar surface area (TPSA) is 36.6 Å². The molecule has 4 heteroatoms. The Hall–Kier alpha value is -1.03. The van der Waals surface area contributed by atoms with Crippen molar-refractivity contribution in [1.29, 1.82) is 0 Å². The van der Waals surface area contributed by atoms with Crippen molar-refractivity contribution in [3.63, 3.8) is 0 Å². The minimum atomic E-state index is -0.856. The standard InChI is InChI=1S/C15H16ClNO2/c16-12-3-1-2-10-8-13(19-14(10)12)15(18)6-7-17(9-15)11-4-5-11/h1-3,8,11,18H,4-7,9H2. The van der Waals surface area contributed by atoms with Gasteiger partial charge in [-0.1, -0.05) is 23.7 Å². The highest BCUT2D eigenvalue weighted by molar-refractivity contribution is 6.34. The summed E-state index contributed by atoms with van der Waals surface area (Å²) in [6, 6.07) is 8.29. The molecule has 19 heavy (non-hydrogen) atoms. The lowest BCUT2D eigenvalue weighted by molar-refractivity contribution is 0.0250. The van der Waals surface area contributed by atoms with Gasteiger partial charge in [-0.15, -0.1) is 0 Å². The Balaban J connectivity index is 1.71. The first-order chi connectivity index (χ1) is 9.16. The molecule has 0 spiro atoms. The van der Waals surface area contributed by atoms with Gasteiger partial charge in [-0.25, -0.2) is 0 Å². The highest BCUT2D eigenvalue weighted by atomic mass is 35.5. The molecule has 1 aromatic carbocycles. The number of hydrogen-bond donors (Lipinski definition) is 1. The van der Waals surface area contributed by atoms with Gasteiger partial charge in [0.1, 0.15) is 11.4 Å². The summed E-state index contributed by atoms with van der Waals surface area (Å²) in [5.41, 5.74) is -0.178. The molecule has 1 aromatic heterocycles. The first kappa shape index (κ1) is 11.8. The summed E-state index contributed by atoms with van der Waals surface area (Å²) in [5, 5.41) is 12.4. The first-order valence-electron chi connectivity index (χ1n) is 6.81. The Morgan fingerprint density at radius 2 is 2.21 bits per heavy atom. The van der Waals surface area contributed by atoms with Gasteiger partial charge < -0.3 is 9.52 Å². The maximum atomic E-state index is 10.8. The molecule has 0 radical (unpaired) electrons. The molecule has 2 aromatic rings. The number of rotatable bonds is 2. The van der Waals surface area contributed by atoms with E-state index in [0.29, 0.717) is 29.0 Å². The van der Waals surface area contributed by atoms with Crippen LogP contribution in [0.1, 0.15) is 25.0 Å². The Morgan fingerprint density at radius 3 is 2.95 bits per heavy atom. The largest absolute Gasteiger partial charge is 0.456 e.